The molecule has 0 aliphatic rings. The molecule has 0 saturated heterocycles. The summed E-state index contributed by atoms with van der Waals surface area (Å²) in [5.74, 6) is 0.0831. The monoisotopic (exact) mass is 343 g/mol. The lowest BCUT2D eigenvalue weighted by atomic mass is 9.90. The third-order valence-corrected chi connectivity index (χ3v) is 4.24. The van der Waals surface area contributed by atoms with Crippen LogP contribution >= 0.6 is 0 Å². The van der Waals surface area contributed by atoms with E-state index in [2.05, 4.69) is 15.8 Å². The molecule has 0 fully saturated rings. The van der Waals surface area contributed by atoms with Crippen molar-refractivity contribution in [1.29, 1.82) is 0 Å². The van der Waals surface area contributed by atoms with Crippen molar-refractivity contribution in [2.45, 2.75) is 47.5 Å². The minimum atomic E-state index is -1.27. The summed E-state index contributed by atoms with van der Waals surface area (Å²) in [4.78, 5) is 25.3. The van der Waals surface area contributed by atoms with Crippen LogP contribution in [0.4, 0.5) is 11.5 Å². The van der Waals surface area contributed by atoms with E-state index in [-0.39, 0.29) is 5.91 Å². The Balaban J connectivity index is 2.20. The first-order valence-corrected chi connectivity index (χ1v) is 8.46. The normalized spacial score (nSPS) is 11.2. The van der Waals surface area contributed by atoms with E-state index in [0.29, 0.717) is 11.6 Å². The first-order chi connectivity index (χ1) is 11.8. The summed E-state index contributed by atoms with van der Waals surface area (Å²) in [6, 6.07) is 7.56. The summed E-state index contributed by atoms with van der Waals surface area (Å²) >= 11 is 0. The number of carbonyl (C=O) groups excluding carboxylic acids is 2. The Morgan fingerprint density at radius 1 is 1.08 bits per heavy atom. The molecular formula is C19H25N3O3. The van der Waals surface area contributed by atoms with Gasteiger partial charge in [0.05, 0.1) is 0 Å². The zero-order chi connectivity index (χ0) is 18.6. The number of nitrogens with zero attached hydrogens (tertiary/aromatic N) is 1. The molecule has 0 bridgehead atoms. The van der Waals surface area contributed by atoms with Gasteiger partial charge in [-0.05, 0) is 44.7 Å². The first kappa shape index (κ1) is 18.7. The third kappa shape index (κ3) is 4.07. The lowest BCUT2D eigenvalue weighted by molar-refractivity contribution is -0.135. The van der Waals surface area contributed by atoms with Gasteiger partial charge in [0.25, 0.3) is 0 Å². The van der Waals surface area contributed by atoms with Gasteiger partial charge >= 0.3 is 0 Å². The van der Waals surface area contributed by atoms with Crippen molar-refractivity contribution in [3.05, 3.63) is 41.2 Å². The quantitative estimate of drug-likeness (QED) is 0.783. The van der Waals surface area contributed by atoms with Crippen molar-refractivity contribution in [2.24, 2.45) is 5.41 Å². The summed E-state index contributed by atoms with van der Waals surface area (Å²) < 4.78 is 4.93. The summed E-state index contributed by atoms with van der Waals surface area (Å²) in [7, 11) is 0. The molecule has 2 rings (SSSR count). The zero-order valence-corrected chi connectivity index (χ0v) is 15.4. The van der Waals surface area contributed by atoms with Gasteiger partial charge in [0, 0.05) is 11.8 Å². The van der Waals surface area contributed by atoms with Crippen molar-refractivity contribution < 1.29 is 14.1 Å². The average Bonchev–Trinajstić information content (AvgIpc) is 2.99. The molecule has 6 nitrogen and oxygen atoms in total. The summed E-state index contributed by atoms with van der Waals surface area (Å²) in [6.07, 6.45) is 1.60. The molecule has 0 unspecified atom stereocenters. The molecule has 0 saturated carbocycles. The molecule has 1 heterocycles. The SMILES string of the molecule is CCc1cccc(CC)c1NC(=O)C(C)(C)C(=O)Nc1cc(C)on1. The Kier molecular flexibility index (Phi) is 5.62. The van der Waals surface area contributed by atoms with Gasteiger partial charge in [0.1, 0.15) is 11.2 Å². The van der Waals surface area contributed by atoms with Gasteiger partial charge in [-0.2, -0.15) is 0 Å². The van der Waals surface area contributed by atoms with Crippen molar-refractivity contribution in [2.75, 3.05) is 10.6 Å². The number of hydrogen-bond acceptors (Lipinski definition) is 4. The maximum Gasteiger partial charge on any atom is 0.240 e. The molecular weight excluding hydrogens is 318 g/mol. The molecule has 25 heavy (non-hydrogen) atoms. The number of benzene rings is 1. The molecule has 0 atom stereocenters. The minimum absolute atomic E-state index is 0.298. The van der Waals surface area contributed by atoms with Crippen molar-refractivity contribution >= 4 is 23.3 Å². The van der Waals surface area contributed by atoms with E-state index in [1.165, 1.54) is 0 Å². The molecule has 1 aromatic carbocycles. The number of nitrogens with one attached hydrogen (secondary N) is 2. The van der Waals surface area contributed by atoms with Crippen LogP contribution in [0, 0.1) is 12.3 Å². The molecule has 134 valence electrons. The van der Waals surface area contributed by atoms with Gasteiger partial charge in [-0.3, -0.25) is 9.59 Å². The molecule has 0 aliphatic heterocycles. The number of hydrogen-bond donors (Lipinski definition) is 2. The highest BCUT2D eigenvalue weighted by Crippen LogP contribution is 2.26. The smallest absolute Gasteiger partial charge is 0.240 e. The fraction of sp³-hybridized carbons (Fsp3) is 0.421. The maximum atomic E-state index is 12.8. The van der Waals surface area contributed by atoms with Gasteiger partial charge in [-0.15, -0.1) is 0 Å². The second-order valence-corrected chi connectivity index (χ2v) is 6.51. The maximum absolute atomic E-state index is 12.8. The van der Waals surface area contributed by atoms with Gasteiger partial charge < -0.3 is 15.2 Å². The van der Waals surface area contributed by atoms with Gasteiger partial charge in [0.2, 0.25) is 11.8 Å². The summed E-state index contributed by atoms with van der Waals surface area (Å²) in [6.45, 7) is 8.98. The lowest BCUT2D eigenvalue weighted by Gasteiger charge is -2.24. The van der Waals surface area contributed by atoms with Crippen LogP contribution in [0.25, 0.3) is 0 Å². The molecule has 0 spiro atoms. The molecule has 1 aromatic heterocycles. The highest BCUT2D eigenvalue weighted by atomic mass is 16.5. The van der Waals surface area contributed by atoms with Crippen molar-refractivity contribution in [1.82, 2.24) is 5.16 Å². The Hall–Kier alpha value is -2.63. The molecule has 0 aliphatic carbocycles. The highest BCUT2D eigenvalue weighted by molar-refractivity contribution is 6.14. The number of anilines is 2. The number of aryl methyl sites for hydroxylation is 3. The van der Waals surface area contributed by atoms with E-state index in [4.69, 9.17) is 4.52 Å². The van der Waals surface area contributed by atoms with Crippen LogP contribution in [0.3, 0.4) is 0 Å². The summed E-state index contributed by atoms with van der Waals surface area (Å²) in [5, 5.41) is 9.30. The standard InChI is InChI=1S/C19H25N3O3/c1-6-13-9-8-10-14(7-2)16(13)21-18(24)19(4,5)17(23)20-15-11-12(3)25-22-15/h8-11H,6-7H2,1-5H3,(H,21,24)(H,20,22,23). The Morgan fingerprint density at radius 3 is 2.12 bits per heavy atom. The topological polar surface area (TPSA) is 84.2 Å². The van der Waals surface area contributed by atoms with Crippen molar-refractivity contribution in [3.63, 3.8) is 0 Å². The van der Waals surface area contributed by atoms with Crippen LogP contribution < -0.4 is 10.6 Å². The fourth-order valence-corrected chi connectivity index (χ4v) is 2.47. The number of rotatable bonds is 6. The average molecular weight is 343 g/mol. The number of amides is 2. The Morgan fingerprint density at radius 2 is 1.64 bits per heavy atom. The van der Waals surface area contributed by atoms with Gasteiger partial charge in [0.15, 0.2) is 5.82 Å². The largest absolute Gasteiger partial charge is 0.360 e. The predicted octanol–water partition coefficient (Wildman–Crippen LogP) is 3.71. The van der Waals surface area contributed by atoms with E-state index in [0.717, 1.165) is 29.7 Å². The third-order valence-electron chi connectivity index (χ3n) is 4.24. The number of para-hydroxylation sites is 1. The van der Waals surface area contributed by atoms with Crippen LogP contribution in [0.1, 0.15) is 44.6 Å². The number of aromatic nitrogens is 1. The van der Waals surface area contributed by atoms with E-state index in [9.17, 15) is 9.59 Å². The molecule has 2 aromatic rings. The second kappa shape index (κ2) is 7.51. The zero-order valence-electron chi connectivity index (χ0n) is 15.4. The van der Waals surface area contributed by atoms with E-state index < -0.39 is 11.3 Å². The van der Waals surface area contributed by atoms with E-state index in [1.54, 1.807) is 26.8 Å². The van der Waals surface area contributed by atoms with Gasteiger partial charge in [-0.25, -0.2) is 0 Å². The van der Waals surface area contributed by atoms with Crippen LogP contribution in [0.15, 0.2) is 28.8 Å². The Labute approximate surface area is 148 Å². The molecule has 2 N–H and O–H groups in total. The lowest BCUT2D eigenvalue weighted by Crippen LogP contribution is -2.42. The minimum Gasteiger partial charge on any atom is -0.360 e. The first-order valence-electron chi connectivity index (χ1n) is 8.46. The van der Waals surface area contributed by atoms with E-state index >= 15 is 0 Å². The molecule has 6 heteroatoms. The fourth-order valence-electron chi connectivity index (χ4n) is 2.47. The van der Waals surface area contributed by atoms with Crippen LogP contribution in [0.5, 0.6) is 0 Å². The Bertz CT molecular complexity index is 756. The predicted molar refractivity (Wildman–Crippen MR) is 97.5 cm³/mol. The summed E-state index contributed by atoms with van der Waals surface area (Å²) in [5.41, 5.74) is 1.64. The second-order valence-electron chi connectivity index (χ2n) is 6.51. The van der Waals surface area contributed by atoms with Gasteiger partial charge in [-0.1, -0.05) is 37.2 Å². The van der Waals surface area contributed by atoms with Crippen molar-refractivity contribution in [3.8, 4) is 0 Å². The van der Waals surface area contributed by atoms with Crippen LogP contribution in [-0.2, 0) is 22.4 Å². The van der Waals surface area contributed by atoms with E-state index in [1.807, 2.05) is 32.0 Å². The van der Waals surface area contributed by atoms with Crippen LogP contribution in [-0.4, -0.2) is 17.0 Å². The highest BCUT2D eigenvalue weighted by Gasteiger charge is 2.37. The number of carbonyl (C=O) groups is 2. The molecule has 2 amide bonds. The molecule has 0 radical (unpaired) electrons. The van der Waals surface area contributed by atoms with Crippen LogP contribution in [0.2, 0.25) is 0 Å².